The third kappa shape index (κ3) is 5.10. The topological polar surface area (TPSA) is 72.8 Å². The molecular weight excluding hydrogens is 272 g/mol. The fraction of sp³-hybridized carbons (Fsp3) is 0.500. The number of hydrogen-bond acceptors (Lipinski definition) is 5. The molecule has 0 saturated carbocycles. The SMILES string of the molecule is CC(C)(C)C(=O)Oc1cc(O)cc(OC(=O)C(C)(C)C)c1. The lowest BCUT2D eigenvalue weighted by atomic mass is 9.97. The lowest BCUT2D eigenvalue weighted by Crippen LogP contribution is -2.26. The summed E-state index contributed by atoms with van der Waals surface area (Å²) in [6.45, 7) is 10.3. The number of esters is 2. The van der Waals surface area contributed by atoms with Gasteiger partial charge in [-0.15, -0.1) is 0 Å². The highest BCUT2D eigenvalue weighted by Crippen LogP contribution is 2.30. The van der Waals surface area contributed by atoms with E-state index in [1.54, 1.807) is 41.5 Å². The van der Waals surface area contributed by atoms with Crippen LogP contribution in [-0.4, -0.2) is 17.0 Å². The minimum atomic E-state index is -0.673. The van der Waals surface area contributed by atoms with E-state index in [4.69, 9.17) is 9.47 Å². The van der Waals surface area contributed by atoms with Gasteiger partial charge in [-0.1, -0.05) is 0 Å². The third-order valence-corrected chi connectivity index (χ3v) is 2.51. The molecular formula is C16H22O5. The molecule has 0 unspecified atom stereocenters. The van der Waals surface area contributed by atoms with Crippen molar-refractivity contribution in [1.29, 1.82) is 0 Å². The molecule has 0 spiro atoms. The number of benzene rings is 1. The minimum absolute atomic E-state index is 0.131. The average Bonchev–Trinajstić information content (AvgIpc) is 2.25. The zero-order valence-corrected chi connectivity index (χ0v) is 13.3. The second kappa shape index (κ2) is 5.76. The van der Waals surface area contributed by atoms with Crippen molar-refractivity contribution >= 4 is 11.9 Å². The van der Waals surface area contributed by atoms with Gasteiger partial charge >= 0.3 is 11.9 Å². The molecule has 0 aromatic heterocycles. The fourth-order valence-electron chi connectivity index (χ4n) is 1.19. The third-order valence-electron chi connectivity index (χ3n) is 2.51. The predicted molar refractivity (Wildman–Crippen MR) is 78.3 cm³/mol. The number of ether oxygens (including phenoxy) is 2. The largest absolute Gasteiger partial charge is 0.508 e. The van der Waals surface area contributed by atoms with E-state index < -0.39 is 22.8 Å². The molecule has 1 aromatic rings. The van der Waals surface area contributed by atoms with Gasteiger partial charge in [0.15, 0.2) is 0 Å². The van der Waals surface area contributed by atoms with Gasteiger partial charge in [0.1, 0.15) is 17.2 Å². The van der Waals surface area contributed by atoms with Crippen LogP contribution in [0.25, 0.3) is 0 Å². The Kier molecular flexibility index (Phi) is 4.66. The predicted octanol–water partition coefficient (Wildman–Crippen LogP) is 3.30. The van der Waals surface area contributed by atoms with E-state index in [2.05, 4.69) is 0 Å². The van der Waals surface area contributed by atoms with Crippen molar-refractivity contribution in [2.45, 2.75) is 41.5 Å². The van der Waals surface area contributed by atoms with Crippen LogP contribution in [0.3, 0.4) is 0 Å². The van der Waals surface area contributed by atoms with Crippen LogP contribution in [-0.2, 0) is 9.59 Å². The van der Waals surface area contributed by atoms with Gasteiger partial charge in [-0.2, -0.15) is 0 Å². The number of carbonyl (C=O) groups excluding carboxylic acids is 2. The van der Waals surface area contributed by atoms with Crippen molar-refractivity contribution in [1.82, 2.24) is 0 Å². The van der Waals surface area contributed by atoms with E-state index in [-0.39, 0.29) is 17.2 Å². The maximum absolute atomic E-state index is 11.8. The molecule has 5 heteroatoms. The lowest BCUT2D eigenvalue weighted by Gasteiger charge is -2.18. The summed E-state index contributed by atoms with van der Waals surface area (Å²) in [5, 5.41) is 9.64. The molecule has 1 rings (SSSR count). The molecule has 0 radical (unpaired) electrons. The second-order valence-corrected chi connectivity index (χ2v) is 6.94. The first-order valence-electron chi connectivity index (χ1n) is 6.68. The molecule has 21 heavy (non-hydrogen) atoms. The van der Waals surface area contributed by atoms with Crippen LogP contribution in [0.1, 0.15) is 41.5 Å². The zero-order valence-electron chi connectivity index (χ0n) is 13.3. The summed E-state index contributed by atoms with van der Waals surface area (Å²) >= 11 is 0. The van der Waals surface area contributed by atoms with Crippen LogP contribution >= 0.6 is 0 Å². The maximum atomic E-state index is 11.8. The second-order valence-electron chi connectivity index (χ2n) is 6.94. The number of carbonyl (C=O) groups is 2. The number of phenols is 1. The highest BCUT2D eigenvalue weighted by molar-refractivity contribution is 5.79. The van der Waals surface area contributed by atoms with Crippen LogP contribution in [0.5, 0.6) is 17.2 Å². The van der Waals surface area contributed by atoms with Gasteiger partial charge < -0.3 is 14.6 Å². The molecule has 0 bridgehead atoms. The molecule has 0 amide bonds. The monoisotopic (exact) mass is 294 g/mol. The van der Waals surface area contributed by atoms with E-state index in [0.29, 0.717) is 0 Å². The van der Waals surface area contributed by atoms with Gasteiger partial charge in [0, 0.05) is 18.2 Å². The molecule has 116 valence electrons. The molecule has 0 saturated heterocycles. The summed E-state index contributed by atoms with van der Waals surface area (Å²) in [6.07, 6.45) is 0. The Labute approximate surface area is 124 Å². The van der Waals surface area contributed by atoms with Crippen LogP contribution in [0.2, 0.25) is 0 Å². The van der Waals surface area contributed by atoms with Gasteiger partial charge in [-0.3, -0.25) is 9.59 Å². The van der Waals surface area contributed by atoms with Gasteiger partial charge in [0.25, 0.3) is 0 Å². The van der Waals surface area contributed by atoms with E-state index in [9.17, 15) is 14.7 Å². The number of rotatable bonds is 2. The summed E-state index contributed by atoms with van der Waals surface area (Å²) in [7, 11) is 0. The van der Waals surface area contributed by atoms with Crippen molar-refractivity contribution in [3.63, 3.8) is 0 Å². The minimum Gasteiger partial charge on any atom is -0.508 e. The van der Waals surface area contributed by atoms with E-state index >= 15 is 0 Å². The highest BCUT2D eigenvalue weighted by Gasteiger charge is 2.26. The Morgan fingerprint density at radius 1 is 0.810 bits per heavy atom. The smallest absolute Gasteiger partial charge is 0.316 e. The normalized spacial score (nSPS) is 11.9. The quantitative estimate of drug-likeness (QED) is 0.669. The van der Waals surface area contributed by atoms with Crippen molar-refractivity contribution in [2.24, 2.45) is 10.8 Å². The van der Waals surface area contributed by atoms with E-state index in [1.807, 2.05) is 0 Å². The summed E-state index contributed by atoms with van der Waals surface area (Å²) in [5.41, 5.74) is -1.35. The van der Waals surface area contributed by atoms with Gasteiger partial charge in [-0.25, -0.2) is 0 Å². The van der Waals surface area contributed by atoms with Crippen LogP contribution in [0, 0.1) is 10.8 Å². The Balaban J connectivity index is 2.96. The number of aromatic hydroxyl groups is 1. The first kappa shape index (κ1) is 17.0. The van der Waals surface area contributed by atoms with Crippen molar-refractivity contribution in [3.8, 4) is 17.2 Å². The average molecular weight is 294 g/mol. The molecule has 1 N–H and O–H groups in total. The summed E-state index contributed by atoms with van der Waals surface area (Å²) in [6, 6.07) is 3.98. The van der Waals surface area contributed by atoms with Crippen molar-refractivity contribution < 1.29 is 24.2 Å². The van der Waals surface area contributed by atoms with Crippen LogP contribution < -0.4 is 9.47 Å². The van der Waals surface area contributed by atoms with Crippen molar-refractivity contribution in [2.75, 3.05) is 0 Å². The Morgan fingerprint density at radius 2 is 1.14 bits per heavy atom. The molecule has 0 aliphatic rings. The fourth-order valence-corrected chi connectivity index (χ4v) is 1.19. The van der Waals surface area contributed by atoms with Crippen LogP contribution in [0.4, 0.5) is 0 Å². The molecule has 0 aliphatic heterocycles. The molecule has 0 aliphatic carbocycles. The molecule has 0 heterocycles. The Bertz CT molecular complexity index is 501. The Morgan fingerprint density at radius 3 is 1.43 bits per heavy atom. The molecule has 1 aromatic carbocycles. The van der Waals surface area contributed by atoms with Gasteiger partial charge in [0.05, 0.1) is 10.8 Å². The van der Waals surface area contributed by atoms with E-state index in [0.717, 1.165) is 0 Å². The first-order valence-corrected chi connectivity index (χ1v) is 6.68. The first-order chi connectivity index (χ1) is 9.39. The molecule has 0 atom stereocenters. The summed E-state index contributed by atoms with van der Waals surface area (Å²) < 4.78 is 10.4. The number of hydrogen-bond donors (Lipinski definition) is 1. The standard InChI is InChI=1S/C16H22O5/c1-15(2,3)13(18)20-11-7-10(17)8-12(9-11)21-14(19)16(4,5)6/h7-9,17H,1-6H3. The Hall–Kier alpha value is -2.04. The van der Waals surface area contributed by atoms with Crippen LogP contribution in [0.15, 0.2) is 18.2 Å². The lowest BCUT2D eigenvalue weighted by molar-refractivity contribution is -0.143. The number of phenolic OH excluding ortho intramolecular Hbond substituents is 1. The molecule has 0 fully saturated rings. The zero-order chi connectivity index (χ0) is 16.4. The van der Waals surface area contributed by atoms with Crippen molar-refractivity contribution in [3.05, 3.63) is 18.2 Å². The highest BCUT2D eigenvalue weighted by atomic mass is 16.5. The van der Waals surface area contributed by atoms with Gasteiger partial charge in [-0.05, 0) is 41.5 Å². The maximum Gasteiger partial charge on any atom is 0.316 e. The summed E-state index contributed by atoms with van der Waals surface area (Å²) in [5.74, 6) is -0.772. The summed E-state index contributed by atoms with van der Waals surface area (Å²) in [4.78, 5) is 23.7. The van der Waals surface area contributed by atoms with E-state index in [1.165, 1.54) is 18.2 Å². The van der Waals surface area contributed by atoms with Gasteiger partial charge in [0.2, 0.25) is 0 Å². The molecule has 5 nitrogen and oxygen atoms in total.